The molecule has 10 atom stereocenters. The first-order valence-corrected chi connectivity index (χ1v) is 23.2. The molecule has 0 heterocycles. The van der Waals surface area contributed by atoms with Gasteiger partial charge in [0.1, 0.15) is 11.7 Å². The van der Waals surface area contributed by atoms with Crippen molar-refractivity contribution in [1.82, 2.24) is 0 Å². The zero-order valence-corrected chi connectivity index (χ0v) is 37.9. The summed E-state index contributed by atoms with van der Waals surface area (Å²) in [6.45, 7) is 23.6. The van der Waals surface area contributed by atoms with Gasteiger partial charge >= 0.3 is 11.9 Å². The number of aliphatic carboxylic acids is 1. The van der Waals surface area contributed by atoms with Crippen LogP contribution in [0.3, 0.4) is 0 Å². The molecule has 5 nitrogen and oxygen atoms in total. The summed E-state index contributed by atoms with van der Waals surface area (Å²) >= 11 is 0. The van der Waals surface area contributed by atoms with Gasteiger partial charge in [-0.1, -0.05) is 138 Å². The lowest BCUT2D eigenvalue weighted by Crippen LogP contribution is -2.66. The summed E-state index contributed by atoms with van der Waals surface area (Å²) in [5, 5.41) is 9.76. The summed E-state index contributed by atoms with van der Waals surface area (Å²) in [6, 6.07) is 32.6. The number of hydrogen-bond acceptors (Lipinski definition) is 4. The molecule has 0 spiro atoms. The first-order valence-electron chi connectivity index (χ1n) is 23.2. The molecule has 0 bridgehead atoms. The van der Waals surface area contributed by atoms with Crippen LogP contribution in [-0.2, 0) is 24.7 Å². The van der Waals surface area contributed by atoms with Crippen molar-refractivity contribution >= 4 is 11.9 Å². The molecule has 5 aliphatic rings. The standard InChI is InChI=1S/C55H72O5/c1-37(2)42-27-30-54(36-59-55(38-19-13-10-14-20-38,39-21-15-11-16-22-39)40-23-17-12-18-24-40)32-31-52(8)43(47(42)54)25-26-45-51(7)34-41(60-46(56)35-50(5,6)48(57)58)33-49(3,4)44(51)28-29-53(45,52)9/h10-24,41-45,47H,1,25-36H2,2-9H3,(H,57,58)/t41?,42-,43+,44-,45+,47+,51-,52+,53+,54+/m0/s1. The van der Waals surface area contributed by atoms with Crippen molar-refractivity contribution in [3.05, 3.63) is 120 Å². The van der Waals surface area contributed by atoms with Gasteiger partial charge in [-0.25, -0.2) is 0 Å². The van der Waals surface area contributed by atoms with Crippen molar-refractivity contribution in [2.75, 3.05) is 6.61 Å². The maximum absolute atomic E-state index is 13.4. The van der Waals surface area contributed by atoms with Crippen molar-refractivity contribution in [3.8, 4) is 0 Å². The largest absolute Gasteiger partial charge is 0.481 e. The van der Waals surface area contributed by atoms with Gasteiger partial charge in [0.25, 0.3) is 0 Å². The molecule has 5 heteroatoms. The smallest absolute Gasteiger partial charge is 0.309 e. The number of ether oxygens (including phenoxy) is 2. The highest BCUT2D eigenvalue weighted by Crippen LogP contribution is 2.77. The Bertz CT molecular complexity index is 1960. The monoisotopic (exact) mass is 813 g/mol. The summed E-state index contributed by atoms with van der Waals surface area (Å²) in [4.78, 5) is 25.3. The summed E-state index contributed by atoms with van der Waals surface area (Å²) in [7, 11) is 0. The number of carboxylic acids is 1. The van der Waals surface area contributed by atoms with E-state index in [-0.39, 0.29) is 45.6 Å². The van der Waals surface area contributed by atoms with E-state index >= 15 is 0 Å². The summed E-state index contributed by atoms with van der Waals surface area (Å²) in [5.41, 5.74) is 3.25. The molecule has 0 aliphatic heterocycles. The molecule has 0 aromatic heterocycles. The van der Waals surface area contributed by atoms with Gasteiger partial charge in [0.05, 0.1) is 18.4 Å². The van der Waals surface area contributed by atoms with Gasteiger partial charge in [0.2, 0.25) is 0 Å². The number of fused-ring (bicyclic) bond motifs is 7. The summed E-state index contributed by atoms with van der Waals surface area (Å²) in [5.74, 6) is 1.23. The Hall–Kier alpha value is -3.70. The van der Waals surface area contributed by atoms with Crippen molar-refractivity contribution < 1.29 is 24.2 Å². The molecule has 1 unspecified atom stereocenters. The first kappa shape index (κ1) is 43.0. The van der Waals surface area contributed by atoms with Crippen molar-refractivity contribution in [2.45, 2.75) is 138 Å². The molecule has 3 aromatic rings. The van der Waals surface area contributed by atoms with E-state index in [2.05, 4.69) is 133 Å². The molecule has 60 heavy (non-hydrogen) atoms. The fourth-order valence-corrected chi connectivity index (χ4v) is 15.5. The van der Waals surface area contributed by atoms with Gasteiger partial charge in [0.15, 0.2) is 0 Å². The lowest BCUT2D eigenvalue weighted by molar-refractivity contribution is -0.251. The molecule has 5 fully saturated rings. The zero-order valence-electron chi connectivity index (χ0n) is 37.9. The SMILES string of the molecule is C=C(C)[C@@H]1CC[C@]2(COC(c3ccccc3)(c3ccccc3)c3ccccc3)CC[C@]3(C)[C@H](CC[C@@H]4[C@@]5(C)CC(OC(=O)CC(C)(C)C(=O)O)CC(C)(C)[C@@H]5CC[C@]43C)[C@@H]12. The van der Waals surface area contributed by atoms with E-state index in [1.165, 1.54) is 44.1 Å². The number of carbonyl (C=O) groups is 2. The van der Waals surface area contributed by atoms with Crippen LogP contribution < -0.4 is 0 Å². The van der Waals surface area contributed by atoms with Gasteiger partial charge in [-0.15, -0.1) is 0 Å². The minimum Gasteiger partial charge on any atom is -0.481 e. The Balaban J connectivity index is 1.13. The number of hydrogen-bond donors (Lipinski definition) is 1. The predicted octanol–water partition coefficient (Wildman–Crippen LogP) is 13.1. The Morgan fingerprint density at radius 1 is 0.717 bits per heavy atom. The quantitative estimate of drug-likeness (QED) is 0.119. The topological polar surface area (TPSA) is 72.8 Å². The van der Waals surface area contributed by atoms with E-state index in [0.29, 0.717) is 36.2 Å². The number of carbonyl (C=O) groups excluding carboxylic acids is 1. The van der Waals surface area contributed by atoms with Crippen LogP contribution in [0, 0.1) is 62.1 Å². The fraction of sp³-hybridized carbons (Fsp3) is 0.600. The van der Waals surface area contributed by atoms with Crippen LogP contribution in [0.4, 0.5) is 0 Å². The van der Waals surface area contributed by atoms with E-state index in [4.69, 9.17) is 16.1 Å². The molecule has 5 saturated carbocycles. The number of carboxylic acid groups (broad SMARTS) is 1. The van der Waals surface area contributed by atoms with Crippen LogP contribution in [0.25, 0.3) is 0 Å². The molecular formula is C55H72O5. The van der Waals surface area contributed by atoms with E-state index in [1.54, 1.807) is 13.8 Å². The Labute approximate surface area is 361 Å². The highest BCUT2D eigenvalue weighted by atomic mass is 16.5. The van der Waals surface area contributed by atoms with E-state index in [9.17, 15) is 14.7 Å². The average molecular weight is 813 g/mol. The van der Waals surface area contributed by atoms with Gasteiger partial charge < -0.3 is 14.6 Å². The summed E-state index contributed by atoms with van der Waals surface area (Å²) < 4.78 is 14.1. The fourth-order valence-electron chi connectivity index (χ4n) is 15.5. The van der Waals surface area contributed by atoms with Crippen molar-refractivity contribution in [2.24, 2.45) is 62.1 Å². The van der Waals surface area contributed by atoms with Crippen LogP contribution in [0.5, 0.6) is 0 Å². The second-order valence-corrected chi connectivity index (χ2v) is 22.5. The van der Waals surface area contributed by atoms with Crippen LogP contribution >= 0.6 is 0 Å². The molecule has 8 rings (SSSR count). The molecule has 322 valence electrons. The third-order valence-electron chi connectivity index (χ3n) is 18.5. The van der Waals surface area contributed by atoms with Gasteiger partial charge in [-0.3, -0.25) is 9.59 Å². The number of benzene rings is 3. The first-order chi connectivity index (χ1) is 28.3. The highest BCUT2D eigenvalue weighted by molar-refractivity contribution is 5.81. The van der Waals surface area contributed by atoms with Crippen LogP contribution in [-0.4, -0.2) is 29.8 Å². The second-order valence-electron chi connectivity index (χ2n) is 22.5. The van der Waals surface area contributed by atoms with E-state index < -0.39 is 17.0 Å². The number of allylic oxidation sites excluding steroid dienone is 1. The maximum atomic E-state index is 13.4. The Morgan fingerprint density at radius 2 is 1.28 bits per heavy atom. The second kappa shape index (κ2) is 15.3. The summed E-state index contributed by atoms with van der Waals surface area (Å²) in [6.07, 6.45) is 10.9. The molecular weight excluding hydrogens is 741 g/mol. The Kier molecular flexibility index (Phi) is 10.9. The van der Waals surface area contributed by atoms with Crippen molar-refractivity contribution in [1.29, 1.82) is 0 Å². The molecule has 5 aliphatic carbocycles. The third-order valence-corrected chi connectivity index (χ3v) is 18.5. The maximum Gasteiger partial charge on any atom is 0.309 e. The van der Waals surface area contributed by atoms with Gasteiger partial charge in [-0.05, 0) is 158 Å². The molecule has 3 aromatic carbocycles. The minimum atomic E-state index is -1.15. The van der Waals surface area contributed by atoms with E-state index in [1.807, 2.05) is 0 Å². The molecule has 0 saturated heterocycles. The van der Waals surface area contributed by atoms with Gasteiger partial charge in [0, 0.05) is 0 Å². The predicted molar refractivity (Wildman–Crippen MR) is 240 cm³/mol. The minimum absolute atomic E-state index is 0.0116. The molecule has 0 radical (unpaired) electrons. The van der Waals surface area contributed by atoms with E-state index in [0.717, 1.165) is 42.4 Å². The number of rotatable bonds is 11. The number of esters is 1. The third kappa shape index (κ3) is 6.74. The van der Waals surface area contributed by atoms with Gasteiger partial charge in [-0.2, -0.15) is 0 Å². The molecule has 0 amide bonds. The van der Waals surface area contributed by atoms with Crippen LogP contribution in [0.2, 0.25) is 0 Å². The lowest BCUT2D eigenvalue weighted by atomic mass is 9.32. The molecule has 1 N–H and O–H groups in total. The van der Waals surface area contributed by atoms with Crippen molar-refractivity contribution in [3.63, 3.8) is 0 Å². The van der Waals surface area contributed by atoms with Crippen LogP contribution in [0.15, 0.2) is 103 Å². The average Bonchev–Trinajstić information content (AvgIpc) is 3.59. The zero-order chi connectivity index (χ0) is 42.9. The lowest BCUT2D eigenvalue weighted by Gasteiger charge is -2.73. The highest BCUT2D eigenvalue weighted by Gasteiger charge is 2.71. The Morgan fingerprint density at radius 3 is 1.82 bits per heavy atom. The van der Waals surface area contributed by atoms with Crippen LogP contribution in [0.1, 0.15) is 143 Å². The normalized spacial score (nSPS) is 35.9.